The Morgan fingerprint density at radius 3 is 2.17 bits per heavy atom. The molecule has 1 aliphatic heterocycles. The van der Waals surface area contributed by atoms with Gasteiger partial charge in [0.05, 0.1) is 12.6 Å². The first-order valence-electron chi connectivity index (χ1n) is 11.0. The number of hydrogen-bond donors (Lipinski definition) is 1. The van der Waals surface area contributed by atoms with E-state index in [1.807, 2.05) is 36.4 Å². The molecule has 3 atom stereocenters. The summed E-state index contributed by atoms with van der Waals surface area (Å²) < 4.78 is 2.21. The summed E-state index contributed by atoms with van der Waals surface area (Å²) in [6, 6.07) is 11.9. The minimum absolute atomic E-state index is 0.343. The number of aliphatic hydroxyl groups is 1. The van der Waals surface area contributed by atoms with E-state index in [-0.39, 0.29) is 0 Å². The number of piperidine rings is 1. The lowest BCUT2D eigenvalue weighted by molar-refractivity contribution is -0.0345. The van der Waals surface area contributed by atoms with Gasteiger partial charge in [0.2, 0.25) is 0 Å². The van der Waals surface area contributed by atoms with Crippen LogP contribution in [-0.2, 0) is 6.54 Å². The molecule has 3 nitrogen and oxygen atoms in total. The van der Waals surface area contributed by atoms with Gasteiger partial charge < -0.3 is 9.67 Å². The molecule has 1 aromatic heterocycles. The van der Waals surface area contributed by atoms with Gasteiger partial charge in [-0.05, 0) is 66.0 Å². The highest BCUT2D eigenvalue weighted by Crippen LogP contribution is 2.58. The smallest absolute Gasteiger partial charge is 0.0845 e. The van der Waals surface area contributed by atoms with Gasteiger partial charge >= 0.3 is 0 Å². The Morgan fingerprint density at radius 1 is 1.00 bits per heavy atom. The molecule has 2 heterocycles. The first-order chi connectivity index (χ1) is 14.2. The first kappa shape index (κ1) is 20.6. The predicted octanol–water partition coefficient (Wildman–Crippen LogP) is 6.22. The Balaban J connectivity index is 1.42. The second-order valence-corrected chi connectivity index (χ2v) is 11.2. The molecule has 0 amide bonds. The van der Waals surface area contributed by atoms with Gasteiger partial charge in [-0.3, -0.25) is 4.90 Å². The van der Waals surface area contributed by atoms with Crippen LogP contribution in [0.3, 0.4) is 0 Å². The monoisotopic (exact) mass is 444 g/mol. The number of halogens is 2. The zero-order valence-electron chi connectivity index (χ0n) is 18.0. The van der Waals surface area contributed by atoms with Crippen molar-refractivity contribution in [1.82, 2.24) is 9.47 Å². The van der Waals surface area contributed by atoms with Crippen molar-refractivity contribution in [3.63, 3.8) is 0 Å². The fourth-order valence-corrected chi connectivity index (χ4v) is 6.44. The van der Waals surface area contributed by atoms with Crippen LogP contribution in [0.4, 0.5) is 0 Å². The average molecular weight is 445 g/mol. The topological polar surface area (TPSA) is 28.4 Å². The summed E-state index contributed by atoms with van der Waals surface area (Å²) in [5, 5.41) is 14.7. The Kier molecular flexibility index (Phi) is 4.90. The van der Waals surface area contributed by atoms with Gasteiger partial charge in [0.25, 0.3) is 0 Å². The zero-order chi connectivity index (χ0) is 21.3. The van der Waals surface area contributed by atoms with Crippen LogP contribution in [0.5, 0.6) is 0 Å². The minimum atomic E-state index is -0.431. The summed E-state index contributed by atoms with van der Waals surface area (Å²) in [4.78, 5) is 2.50. The van der Waals surface area contributed by atoms with Crippen LogP contribution < -0.4 is 0 Å². The summed E-state index contributed by atoms with van der Waals surface area (Å²) in [6.45, 7) is 10.8. The van der Waals surface area contributed by atoms with Crippen LogP contribution in [0.25, 0.3) is 21.8 Å². The molecule has 1 saturated carbocycles. The van der Waals surface area contributed by atoms with Crippen LogP contribution in [0.15, 0.2) is 36.4 Å². The lowest BCUT2D eigenvalue weighted by Crippen LogP contribution is -2.53. The standard InChI is InChI=1S/C25H30Cl2N2O/c1-24(2)16-8-9-25(24,3)15-28(12-16)13-19(30)14-29-22-6-4-17(26)10-20(22)21-11-18(27)5-7-23(21)29/h4-7,10-11,16,19,30H,8-9,12-15H2,1-3H3/t16-,19+,25+/m1/s1. The van der Waals surface area contributed by atoms with Gasteiger partial charge in [-0.2, -0.15) is 0 Å². The molecule has 3 aromatic rings. The number of rotatable bonds is 4. The second-order valence-electron chi connectivity index (χ2n) is 10.3. The third-order valence-electron chi connectivity index (χ3n) is 8.32. The molecule has 0 radical (unpaired) electrons. The third-order valence-corrected chi connectivity index (χ3v) is 8.79. The SMILES string of the molecule is CC1(C)[C@@H]2CC[C@@]1(C)CN(C[C@H](O)Cn1c3ccc(Cl)cc3c3cc(Cl)ccc31)C2. The summed E-state index contributed by atoms with van der Waals surface area (Å²) in [5.74, 6) is 0.723. The van der Waals surface area contributed by atoms with Crippen molar-refractivity contribution in [2.45, 2.75) is 46.3 Å². The molecule has 160 valence electrons. The number of hydrogen-bond acceptors (Lipinski definition) is 2. The van der Waals surface area contributed by atoms with E-state index in [1.54, 1.807) is 0 Å². The van der Waals surface area contributed by atoms with Crippen molar-refractivity contribution >= 4 is 45.0 Å². The number of benzene rings is 2. The van der Waals surface area contributed by atoms with E-state index in [0.717, 1.165) is 40.8 Å². The maximum atomic E-state index is 11.1. The molecule has 5 heteroatoms. The number of likely N-dealkylation sites (tertiary alicyclic amines) is 1. The van der Waals surface area contributed by atoms with E-state index < -0.39 is 6.10 Å². The Morgan fingerprint density at radius 2 is 1.60 bits per heavy atom. The van der Waals surface area contributed by atoms with Gasteiger partial charge in [-0.1, -0.05) is 44.0 Å². The van der Waals surface area contributed by atoms with Crippen molar-refractivity contribution in [3.8, 4) is 0 Å². The highest BCUT2D eigenvalue weighted by Gasteiger charge is 2.55. The average Bonchev–Trinajstić information content (AvgIpc) is 2.97. The van der Waals surface area contributed by atoms with Gasteiger partial charge in [-0.25, -0.2) is 0 Å². The summed E-state index contributed by atoms with van der Waals surface area (Å²) in [6.07, 6.45) is 2.18. The van der Waals surface area contributed by atoms with Crippen LogP contribution in [0, 0.1) is 16.7 Å². The molecule has 30 heavy (non-hydrogen) atoms. The van der Waals surface area contributed by atoms with E-state index in [4.69, 9.17) is 23.2 Å². The lowest BCUT2D eigenvalue weighted by Gasteiger charge is -2.50. The minimum Gasteiger partial charge on any atom is -0.390 e. The summed E-state index contributed by atoms with van der Waals surface area (Å²) in [7, 11) is 0. The number of nitrogens with zero attached hydrogens (tertiary/aromatic N) is 2. The van der Waals surface area contributed by atoms with Crippen LogP contribution in [0.1, 0.15) is 33.6 Å². The largest absolute Gasteiger partial charge is 0.390 e. The fourth-order valence-electron chi connectivity index (χ4n) is 6.09. The molecule has 2 aromatic carbocycles. The first-order valence-corrected chi connectivity index (χ1v) is 11.7. The van der Waals surface area contributed by atoms with Crippen molar-refractivity contribution in [1.29, 1.82) is 0 Å². The van der Waals surface area contributed by atoms with Gasteiger partial charge in [0, 0.05) is 51.5 Å². The van der Waals surface area contributed by atoms with Gasteiger partial charge in [-0.15, -0.1) is 0 Å². The van der Waals surface area contributed by atoms with Crippen LogP contribution in [0.2, 0.25) is 10.0 Å². The molecule has 1 N–H and O–H groups in total. The Hall–Kier alpha value is -1.26. The number of aliphatic hydroxyl groups excluding tert-OH is 1. The Labute approximate surface area is 188 Å². The van der Waals surface area contributed by atoms with Crippen molar-refractivity contribution < 1.29 is 5.11 Å². The molecule has 1 saturated heterocycles. The van der Waals surface area contributed by atoms with E-state index in [0.29, 0.717) is 34.0 Å². The quantitative estimate of drug-likeness (QED) is 0.517. The lowest BCUT2D eigenvalue weighted by atomic mass is 9.63. The van der Waals surface area contributed by atoms with Gasteiger partial charge in [0.15, 0.2) is 0 Å². The van der Waals surface area contributed by atoms with Crippen molar-refractivity contribution in [2.75, 3.05) is 19.6 Å². The zero-order valence-corrected chi connectivity index (χ0v) is 19.5. The van der Waals surface area contributed by atoms with Gasteiger partial charge in [0.1, 0.15) is 0 Å². The maximum Gasteiger partial charge on any atom is 0.0845 e. The van der Waals surface area contributed by atoms with Crippen molar-refractivity contribution in [2.24, 2.45) is 16.7 Å². The Bertz CT molecular complexity index is 1060. The summed E-state index contributed by atoms with van der Waals surface area (Å²) >= 11 is 12.5. The molecule has 1 aliphatic carbocycles. The van der Waals surface area contributed by atoms with E-state index in [9.17, 15) is 5.11 Å². The number of aromatic nitrogens is 1. The molecule has 0 unspecified atom stereocenters. The van der Waals surface area contributed by atoms with Crippen molar-refractivity contribution in [3.05, 3.63) is 46.4 Å². The molecule has 2 bridgehead atoms. The third kappa shape index (κ3) is 3.17. The fraction of sp³-hybridized carbons (Fsp3) is 0.520. The van der Waals surface area contributed by atoms with E-state index in [1.165, 1.54) is 12.8 Å². The highest BCUT2D eigenvalue weighted by atomic mass is 35.5. The molecule has 5 rings (SSSR count). The normalized spacial score (nSPS) is 27.2. The molecule has 2 fully saturated rings. The molecule has 0 spiro atoms. The molecular formula is C25H30Cl2N2O. The summed E-state index contributed by atoms with van der Waals surface area (Å²) in [5.41, 5.74) is 2.90. The molecule has 2 aliphatic rings. The number of β-amino-alcohol motifs (C(OH)–C–C–N with tert-alkyl or cyclic N) is 1. The van der Waals surface area contributed by atoms with Crippen LogP contribution in [-0.4, -0.2) is 40.3 Å². The second kappa shape index (κ2) is 7.13. The van der Waals surface area contributed by atoms with E-state index in [2.05, 4.69) is 30.2 Å². The molecular weight excluding hydrogens is 415 g/mol. The van der Waals surface area contributed by atoms with Crippen LogP contribution >= 0.6 is 23.2 Å². The van der Waals surface area contributed by atoms with E-state index >= 15 is 0 Å². The predicted molar refractivity (Wildman–Crippen MR) is 127 cm³/mol. The highest BCUT2D eigenvalue weighted by molar-refractivity contribution is 6.33. The maximum absolute atomic E-state index is 11.1. The number of fused-ring (bicyclic) bond motifs is 5.